The summed E-state index contributed by atoms with van der Waals surface area (Å²) in [6, 6.07) is 7.57. The molecule has 90 valence electrons. The van der Waals surface area contributed by atoms with Crippen molar-refractivity contribution in [3.63, 3.8) is 0 Å². The van der Waals surface area contributed by atoms with Crippen LogP contribution in [0.25, 0.3) is 0 Å². The Balaban J connectivity index is 2.39. The zero-order valence-electron chi connectivity index (χ0n) is 8.81. The Morgan fingerprint density at radius 2 is 1.88 bits per heavy atom. The molecule has 0 amide bonds. The molecule has 0 aliphatic carbocycles. The first-order valence-corrected chi connectivity index (χ1v) is 7.70. The number of hydrogen-bond acceptors (Lipinski definition) is 1. The van der Waals surface area contributed by atoms with Crippen LogP contribution in [0.2, 0.25) is 14.4 Å². The molecule has 0 N–H and O–H groups in total. The minimum Gasteiger partial charge on any atom is -0.127 e. The number of benzene rings is 1. The van der Waals surface area contributed by atoms with Gasteiger partial charge in [0, 0.05) is 14.9 Å². The monoisotopic (exact) mass is 368 g/mol. The predicted octanol–water partition coefficient (Wildman–Crippen LogP) is 6.50. The fourth-order valence-corrected chi connectivity index (χ4v) is 4.14. The van der Waals surface area contributed by atoms with Gasteiger partial charge in [0.05, 0.1) is 9.16 Å². The van der Waals surface area contributed by atoms with Gasteiger partial charge in [-0.1, -0.05) is 56.8 Å². The van der Waals surface area contributed by atoms with Crippen LogP contribution in [0, 0.1) is 6.92 Å². The highest BCUT2D eigenvalue weighted by molar-refractivity contribution is 9.09. The topological polar surface area (TPSA) is 0 Å². The summed E-state index contributed by atoms with van der Waals surface area (Å²) in [6.45, 7) is 1.99. The first-order chi connectivity index (χ1) is 7.99. The molecule has 17 heavy (non-hydrogen) atoms. The molecule has 0 nitrogen and oxygen atoms in total. The van der Waals surface area contributed by atoms with Crippen LogP contribution in [0.1, 0.15) is 20.8 Å². The van der Waals surface area contributed by atoms with Gasteiger partial charge in [0.15, 0.2) is 0 Å². The second kappa shape index (κ2) is 5.50. The molecule has 1 unspecified atom stereocenters. The molecule has 0 saturated heterocycles. The van der Waals surface area contributed by atoms with Crippen LogP contribution < -0.4 is 0 Å². The van der Waals surface area contributed by atoms with E-state index in [1.165, 1.54) is 0 Å². The minimum atomic E-state index is 0.0449. The zero-order valence-corrected chi connectivity index (χ0v) is 13.5. The van der Waals surface area contributed by atoms with Gasteiger partial charge < -0.3 is 0 Å². The van der Waals surface area contributed by atoms with Crippen molar-refractivity contribution >= 4 is 62.1 Å². The lowest BCUT2D eigenvalue weighted by Gasteiger charge is -2.10. The van der Waals surface area contributed by atoms with E-state index in [0.717, 1.165) is 20.3 Å². The first kappa shape index (κ1) is 13.7. The van der Waals surface area contributed by atoms with E-state index in [0.29, 0.717) is 10.0 Å². The third-order valence-corrected chi connectivity index (χ3v) is 5.83. The molecule has 0 aliphatic heterocycles. The van der Waals surface area contributed by atoms with Crippen molar-refractivity contribution in [2.45, 2.75) is 11.8 Å². The standard InChI is InChI=1S/C12H8BrCl3S/c1-6-4-10(17-12(6)16)11(13)8-3-2-7(14)5-9(8)15/h2-5,11H,1H3. The second-order valence-electron chi connectivity index (χ2n) is 3.63. The van der Waals surface area contributed by atoms with E-state index in [-0.39, 0.29) is 4.83 Å². The third-order valence-electron chi connectivity index (χ3n) is 2.36. The lowest BCUT2D eigenvalue weighted by Crippen LogP contribution is -1.90. The average Bonchev–Trinajstić information content (AvgIpc) is 2.58. The highest BCUT2D eigenvalue weighted by Gasteiger charge is 2.17. The van der Waals surface area contributed by atoms with E-state index in [1.807, 2.05) is 19.1 Å². The molecule has 0 saturated carbocycles. The summed E-state index contributed by atoms with van der Waals surface area (Å²) in [6.07, 6.45) is 0. The Hall–Kier alpha value is 0.270. The molecule has 0 spiro atoms. The Labute approximate surface area is 128 Å². The van der Waals surface area contributed by atoms with Crippen molar-refractivity contribution in [2.75, 3.05) is 0 Å². The van der Waals surface area contributed by atoms with Gasteiger partial charge in [-0.05, 0) is 36.2 Å². The lowest BCUT2D eigenvalue weighted by molar-refractivity contribution is 1.22. The number of aryl methyl sites for hydroxylation is 1. The van der Waals surface area contributed by atoms with Crippen LogP contribution in [0.4, 0.5) is 0 Å². The van der Waals surface area contributed by atoms with Crippen molar-refractivity contribution < 1.29 is 0 Å². The Bertz CT molecular complexity index is 531. The Kier molecular flexibility index (Phi) is 4.43. The van der Waals surface area contributed by atoms with Gasteiger partial charge in [-0.3, -0.25) is 0 Å². The largest absolute Gasteiger partial charge is 0.127 e. The van der Waals surface area contributed by atoms with E-state index in [2.05, 4.69) is 22.0 Å². The van der Waals surface area contributed by atoms with Crippen molar-refractivity contribution in [2.24, 2.45) is 0 Å². The first-order valence-electron chi connectivity index (χ1n) is 4.84. The predicted molar refractivity (Wildman–Crippen MR) is 81.3 cm³/mol. The van der Waals surface area contributed by atoms with Crippen molar-refractivity contribution in [3.05, 3.63) is 54.7 Å². The van der Waals surface area contributed by atoms with Crippen LogP contribution in [0.5, 0.6) is 0 Å². The summed E-state index contributed by atoms with van der Waals surface area (Å²) in [5, 5.41) is 1.29. The van der Waals surface area contributed by atoms with Crippen LogP contribution >= 0.6 is 62.1 Å². The van der Waals surface area contributed by atoms with Gasteiger partial charge in [-0.25, -0.2) is 0 Å². The second-order valence-corrected chi connectivity index (χ2v) is 7.08. The van der Waals surface area contributed by atoms with Crippen LogP contribution in [-0.2, 0) is 0 Å². The molecular formula is C12H8BrCl3S. The summed E-state index contributed by atoms with van der Waals surface area (Å²) in [4.78, 5) is 1.18. The molecule has 2 rings (SSSR count). The quantitative estimate of drug-likeness (QED) is 0.529. The number of rotatable bonds is 2. The van der Waals surface area contributed by atoms with Gasteiger partial charge >= 0.3 is 0 Å². The average molecular weight is 371 g/mol. The van der Waals surface area contributed by atoms with E-state index in [1.54, 1.807) is 17.4 Å². The number of hydrogen-bond donors (Lipinski definition) is 0. The molecule has 2 aromatic rings. The molecule has 0 bridgehead atoms. The summed E-state index contributed by atoms with van der Waals surface area (Å²) in [5.74, 6) is 0. The maximum absolute atomic E-state index is 6.18. The van der Waals surface area contributed by atoms with E-state index in [4.69, 9.17) is 34.8 Å². The van der Waals surface area contributed by atoms with E-state index >= 15 is 0 Å². The van der Waals surface area contributed by atoms with E-state index < -0.39 is 0 Å². The number of halogens is 4. The molecule has 0 radical (unpaired) electrons. The fraction of sp³-hybridized carbons (Fsp3) is 0.167. The molecule has 5 heteroatoms. The normalized spacial score (nSPS) is 12.8. The molecule has 0 fully saturated rings. The van der Waals surface area contributed by atoms with Gasteiger partial charge in [0.25, 0.3) is 0 Å². The summed E-state index contributed by atoms with van der Waals surface area (Å²) in [7, 11) is 0. The van der Waals surface area contributed by atoms with Crippen LogP contribution in [-0.4, -0.2) is 0 Å². The highest BCUT2D eigenvalue weighted by atomic mass is 79.9. The molecule has 1 aromatic carbocycles. The van der Waals surface area contributed by atoms with Gasteiger partial charge in [0.1, 0.15) is 0 Å². The maximum Gasteiger partial charge on any atom is 0.0960 e. The summed E-state index contributed by atoms with van der Waals surface area (Å²) in [5.41, 5.74) is 2.08. The van der Waals surface area contributed by atoms with Gasteiger partial charge in [0.2, 0.25) is 0 Å². The van der Waals surface area contributed by atoms with E-state index in [9.17, 15) is 0 Å². The van der Waals surface area contributed by atoms with Gasteiger partial charge in [-0.15, -0.1) is 11.3 Å². The number of alkyl halides is 1. The van der Waals surface area contributed by atoms with Crippen molar-refractivity contribution in [1.29, 1.82) is 0 Å². The Morgan fingerprint density at radius 3 is 2.41 bits per heavy atom. The molecule has 1 atom stereocenters. The van der Waals surface area contributed by atoms with Gasteiger partial charge in [-0.2, -0.15) is 0 Å². The third kappa shape index (κ3) is 2.99. The Morgan fingerprint density at radius 1 is 1.18 bits per heavy atom. The minimum absolute atomic E-state index is 0.0449. The lowest BCUT2D eigenvalue weighted by atomic mass is 10.1. The summed E-state index contributed by atoms with van der Waals surface area (Å²) >= 11 is 23.3. The van der Waals surface area contributed by atoms with Crippen molar-refractivity contribution in [3.8, 4) is 0 Å². The van der Waals surface area contributed by atoms with Crippen molar-refractivity contribution in [1.82, 2.24) is 0 Å². The van der Waals surface area contributed by atoms with Crippen LogP contribution in [0.15, 0.2) is 24.3 Å². The zero-order chi connectivity index (χ0) is 12.6. The SMILES string of the molecule is Cc1cc(C(Br)c2ccc(Cl)cc2Cl)sc1Cl. The molecule has 1 heterocycles. The number of thiophene rings is 1. The maximum atomic E-state index is 6.18. The fourth-order valence-electron chi connectivity index (χ4n) is 1.47. The highest BCUT2D eigenvalue weighted by Crippen LogP contribution is 2.41. The molecule has 1 aromatic heterocycles. The van der Waals surface area contributed by atoms with Crippen LogP contribution in [0.3, 0.4) is 0 Å². The summed E-state index contributed by atoms with van der Waals surface area (Å²) < 4.78 is 0.814. The molecular weight excluding hydrogens is 362 g/mol. The molecule has 0 aliphatic rings. The smallest absolute Gasteiger partial charge is 0.0960 e.